The summed E-state index contributed by atoms with van der Waals surface area (Å²) in [5, 5.41) is 3.90. The molecule has 1 aromatic rings. The predicted molar refractivity (Wildman–Crippen MR) is 72.8 cm³/mol. The van der Waals surface area contributed by atoms with Gasteiger partial charge in [-0.3, -0.25) is 0 Å². The van der Waals surface area contributed by atoms with Crippen LogP contribution in [-0.2, 0) is 0 Å². The Labute approximate surface area is 108 Å². The summed E-state index contributed by atoms with van der Waals surface area (Å²) in [6.45, 7) is 9.00. The van der Waals surface area contributed by atoms with E-state index >= 15 is 0 Å². The Bertz CT molecular complexity index is 419. The molecule has 0 saturated heterocycles. The Morgan fingerprint density at radius 2 is 2.06 bits per heavy atom. The molecule has 0 aliphatic heterocycles. The molecule has 1 rings (SSSR count). The zero-order chi connectivity index (χ0) is 13.1. The summed E-state index contributed by atoms with van der Waals surface area (Å²) >= 11 is 5.84. The van der Waals surface area contributed by atoms with Crippen molar-refractivity contribution in [3.8, 4) is 0 Å². The second-order valence-electron chi connectivity index (χ2n) is 5.26. The lowest BCUT2D eigenvalue weighted by Crippen LogP contribution is -2.36. The first-order valence-corrected chi connectivity index (χ1v) is 6.03. The van der Waals surface area contributed by atoms with E-state index in [1.807, 2.05) is 13.0 Å². The average Bonchev–Trinajstić information content (AvgIpc) is 2.20. The molecule has 0 aliphatic rings. The van der Waals surface area contributed by atoms with Crippen LogP contribution in [0.2, 0.25) is 5.02 Å². The van der Waals surface area contributed by atoms with Crippen LogP contribution in [0.1, 0.15) is 33.3 Å². The van der Waals surface area contributed by atoms with Gasteiger partial charge in [0.15, 0.2) is 0 Å². The molecule has 0 radical (unpaired) electrons. The fourth-order valence-electron chi connectivity index (χ4n) is 1.35. The van der Waals surface area contributed by atoms with Gasteiger partial charge >= 0.3 is 0 Å². The van der Waals surface area contributed by atoms with Gasteiger partial charge in [0.1, 0.15) is 5.82 Å². The molecule has 0 unspecified atom stereocenters. The summed E-state index contributed by atoms with van der Waals surface area (Å²) in [5.74, 6) is -0.246. The Kier molecular flexibility index (Phi) is 4.72. The summed E-state index contributed by atoms with van der Waals surface area (Å²) < 4.78 is 13.5. The molecule has 1 N–H and O–H groups in total. The molecule has 3 heteroatoms. The van der Waals surface area contributed by atoms with Crippen LogP contribution < -0.4 is 5.32 Å². The first-order chi connectivity index (χ1) is 7.78. The summed E-state index contributed by atoms with van der Waals surface area (Å²) in [6, 6.07) is 4.58. The zero-order valence-corrected chi connectivity index (χ0v) is 11.5. The van der Waals surface area contributed by atoms with Crippen LogP contribution in [0.25, 0.3) is 6.08 Å². The van der Waals surface area contributed by atoms with E-state index < -0.39 is 0 Å². The summed E-state index contributed by atoms with van der Waals surface area (Å²) in [5.41, 5.74) is 1.66. The first kappa shape index (κ1) is 14.2. The molecule has 0 aliphatic carbocycles. The fraction of sp³-hybridized carbons (Fsp3) is 0.429. The highest BCUT2D eigenvalue weighted by atomic mass is 35.5. The first-order valence-electron chi connectivity index (χ1n) is 5.65. The lowest BCUT2D eigenvalue weighted by Gasteiger charge is -2.20. The third-order valence-corrected chi connectivity index (χ3v) is 2.49. The van der Waals surface area contributed by atoms with Crippen LogP contribution in [0.4, 0.5) is 4.39 Å². The minimum Gasteiger partial charge on any atom is -0.308 e. The maximum Gasteiger partial charge on any atom is 0.130 e. The molecular formula is C14H19ClFN. The number of halogens is 2. The van der Waals surface area contributed by atoms with Crippen LogP contribution in [0.15, 0.2) is 23.8 Å². The Morgan fingerprint density at radius 3 is 2.65 bits per heavy atom. The zero-order valence-electron chi connectivity index (χ0n) is 10.8. The third-order valence-electron chi connectivity index (χ3n) is 2.26. The maximum atomic E-state index is 13.5. The largest absolute Gasteiger partial charge is 0.308 e. The predicted octanol–water partition coefficient (Wildman–Crippen LogP) is 4.27. The third kappa shape index (κ3) is 5.33. The van der Waals surface area contributed by atoms with Gasteiger partial charge in [0, 0.05) is 22.7 Å². The standard InChI is InChI=1S/C14H19ClFN/c1-10(9-17-14(2,3)4)7-11-8-12(15)5-6-13(11)16/h5-8,17H,9H2,1-4H3/b10-7-. The van der Waals surface area contributed by atoms with Crippen molar-refractivity contribution in [1.29, 1.82) is 0 Å². The number of hydrogen-bond donors (Lipinski definition) is 1. The quantitative estimate of drug-likeness (QED) is 0.851. The molecule has 1 aromatic carbocycles. The summed E-state index contributed by atoms with van der Waals surface area (Å²) in [4.78, 5) is 0. The maximum absolute atomic E-state index is 13.5. The molecule has 0 heterocycles. The van der Waals surface area contributed by atoms with Crippen molar-refractivity contribution in [1.82, 2.24) is 5.32 Å². The Hall–Kier alpha value is -0.860. The molecule has 0 amide bonds. The van der Waals surface area contributed by atoms with Gasteiger partial charge in [-0.1, -0.05) is 23.3 Å². The molecular weight excluding hydrogens is 237 g/mol. The van der Waals surface area contributed by atoms with Crippen LogP contribution in [-0.4, -0.2) is 12.1 Å². The van der Waals surface area contributed by atoms with E-state index in [1.165, 1.54) is 6.07 Å². The fourth-order valence-corrected chi connectivity index (χ4v) is 1.53. The monoisotopic (exact) mass is 255 g/mol. The SMILES string of the molecule is C/C(=C/c1cc(Cl)ccc1F)CNC(C)(C)C. The molecule has 17 heavy (non-hydrogen) atoms. The molecule has 0 aromatic heterocycles. The lowest BCUT2D eigenvalue weighted by atomic mass is 10.1. The van der Waals surface area contributed by atoms with Crippen LogP contribution in [0, 0.1) is 5.82 Å². The van der Waals surface area contributed by atoms with Gasteiger partial charge in [-0.25, -0.2) is 4.39 Å². The van der Waals surface area contributed by atoms with E-state index in [0.29, 0.717) is 10.6 Å². The highest BCUT2D eigenvalue weighted by Gasteiger charge is 2.08. The van der Waals surface area contributed by atoms with Gasteiger partial charge in [-0.05, 0) is 45.9 Å². The molecule has 94 valence electrons. The molecule has 0 fully saturated rings. The molecule has 1 nitrogen and oxygen atoms in total. The second kappa shape index (κ2) is 5.65. The Morgan fingerprint density at radius 1 is 1.41 bits per heavy atom. The normalized spacial score (nSPS) is 12.9. The number of nitrogens with one attached hydrogen (secondary N) is 1. The van der Waals surface area contributed by atoms with Crippen LogP contribution in [0.3, 0.4) is 0 Å². The minimum absolute atomic E-state index is 0.0575. The highest BCUT2D eigenvalue weighted by Crippen LogP contribution is 2.17. The van der Waals surface area contributed by atoms with E-state index in [9.17, 15) is 4.39 Å². The van der Waals surface area contributed by atoms with Crippen LogP contribution in [0.5, 0.6) is 0 Å². The second-order valence-corrected chi connectivity index (χ2v) is 5.70. The average molecular weight is 256 g/mol. The van der Waals surface area contributed by atoms with E-state index in [1.54, 1.807) is 12.1 Å². The van der Waals surface area contributed by atoms with Gasteiger partial charge < -0.3 is 5.32 Å². The number of rotatable bonds is 3. The van der Waals surface area contributed by atoms with Crippen LogP contribution >= 0.6 is 11.6 Å². The van der Waals surface area contributed by atoms with Gasteiger partial charge in [0.25, 0.3) is 0 Å². The van der Waals surface area contributed by atoms with Crippen molar-refractivity contribution >= 4 is 17.7 Å². The van der Waals surface area contributed by atoms with Crippen molar-refractivity contribution in [2.24, 2.45) is 0 Å². The van der Waals surface area contributed by atoms with Crippen molar-refractivity contribution in [2.75, 3.05) is 6.54 Å². The van der Waals surface area contributed by atoms with Crippen molar-refractivity contribution in [3.63, 3.8) is 0 Å². The number of hydrogen-bond acceptors (Lipinski definition) is 1. The lowest BCUT2D eigenvalue weighted by molar-refractivity contribution is 0.445. The topological polar surface area (TPSA) is 12.0 Å². The van der Waals surface area contributed by atoms with Crippen molar-refractivity contribution < 1.29 is 4.39 Å². The molecule has 0 atom stereocenters. The van der Waals surface area contributed by atoms with E-state index in [0.717, 1.165) is 12.1 Å². The van der Waals surface area contributed by atoms with Gasteiger partial charge in [0.05, 0.1) is 0 Å². The smallest absolute Gasteiger partial charge is 0.130 e. The van der Waals surface area contributed by atoms with Gasteiger partial charge in [0.2, 0.25) is 0 Å². The van der Waals surface area contributed by atoms with Gasteiger partial charge in [-0.15, -0.1) is 0 Å². The molecule has 0 spiro atoms. The molecule has 0 bridgehead atoms. The van der Waals surface area contributed by atoms with Crippen molar-refractivity contribution in [2.45, 2.75) is 33.2 Å². The van der Waals surface area contributed by atoms with Crippen molar-refractivity contribution in [3.05, 3.63) is 40.2 Å². The minimum atomic E-state index is -0.246. The Balaban J connectivity index is 2.77. The number of benzene rings is 1. The summed E-state index contributed by atoms with van der Waals surface area (Å²) in [6.07, 6.45) is 1.82. The van der Waals surface area contributed by atoms with Gasteiger partial charge in [-0.2, -0.15) is 0 Å². The molecule has 0 saturated carbocycles. The van der Waals surface area contributed by atoms with E-state index in [2.05, 4.69) is 26.1 Å². The van der Waals surface area contributed by atoms with E-state index in [4.69, 9.17) is 11.6 Å². The van der Waals surface area contributed by atoms with E-state index in [-0.39, 0.29) is 11.4 Å². The summed E-state index contributed by atoms with van der Waals surface area (Å²) in [7, 11) is 0. The highest BCUT2D eigenvalue weighted by molar-refractivity contribution is 6.30.